The van der Waals surface area contributed by atoms with Gasteiger partial charge in [0, 0.05) is 30.0 Å². The van der Waals surface area contributed by atoms with Gasteiger partial charge in [-0.25, -0.2) is 9.97 Å². The van der Waals surface area contributed by atoms with Crippen LogP contribution in [0.3, 0.4) is 0 Å². The summed E-state index contributed by atoms with van der Waals surface area (Å²) in [5, 5.41) is 3.27. The van der Waals surface area contributed by atoms with Crippen LogP contribution in [0.4, 0.5) is 0 Å². The number of hydrogen-bond acceptors (Lipinski definition) is 4. The summed E-state index contributed by atoms with van der Waals surface area (Å²) >= 11 is 1.72. The van der Waals surface area contributed by atoms with Gasteiger partial charge in [-0.3, -0.25) is 4.90 Å². The van der Waals surface area contributed by atoms with Gasteiger partial charge in [-0.2, -0.15) is 0 Å². The first-order valence-electron chi connectivity index (χ1n) is 6.28. The van der Waals surface area contributed by atoms with E-state index in [0.717, 1.165) is 37.6 Å². The molecule has 0 fully saturated rings. The minimum atomic E-state index is 0.867. The summed E-state index contributed by atoms with van der Waals surface area (Å²) in [6.07, 6.45) is 5.07. The van der Waals surface area contributed by atoms with E-state index < -0.39 is 0 Å². The maximum atomic E-state index is 4.49. The van der Waals surface area contributed by atoms with Crippen LogP contribution >= 0.6 is 11.3 Å². The van der Waals surface area contributed by atoms with E-state index in [-0.39, 0.29) is 0 Å². The van der Waals surface area contributed by atoms with Crippen LogP contribution in [0.15, 0.2) is 17.8 Å². The van der Waals surface area contributed by atoms with Crippen LogP contribution in [0.2, 0.25) is 0 Å². The quantitative estimate of drug-likeness (QED) is 0.804. The molecule has 2 aromatic heterocycles. The van der Waals surface area contributed by atoms with Gasteiger partial charge in [0.05, 0.1) is 13.1 Å². The molecular formula is C13H20N4S. The zero-order valence-corrected chi connectivity index (χ0v) is 12.1. The summed E-state index contributed by atoms with van der Waals surface area (Å²) in [5.74, 6) is 1.13. The molecule has 0 bridgehead atoms. The molecule has 0 N–H and O–H groups in total. The Balaban J connectivity index is 1.94. The fraction of sp³-hybridized carbons (Fsp3) is 0.538. The van der Waals surface area contributed by atoms with Gasteiger partial charge >= 0.3 is 0 Å². The van der Waals surface area contributed by atoms with Crippen molar-refractivity contribution in [2.45, 2.75) is 39.9 Å². The third kappa shape index (κ3) is 3.40. The molecule has 2 aromatic rings. The third-order valence-electron chi connectivity index (χ3n) is 2.75. The average molecular weight is 264 g/mol. The molecule has 0 aliphatic rings. The Morgan fingerprint density at radius 2 is 2.22 bits per heavy atom. The zero-order chi connectivity index (χ0) is 13.0. The van der Waals surface area contributed by atoms with Gasteiger partial charge in [0.25, 0.3) is 0 Å². The minimum absolute atomic E-state index is 0.867. The molecule has 0 aromatic carbocycles. The Kier molecular flexibility index (Phi) is 4.49. The Morgan fingerprint density at radius 1 is 1.39 bits per heavy atom. The van der Waals surface area contributed by atoms with Crippen LogP contribution in [0, 0.1) is 6.92 Å². The second-order valence-electron chi connectivity index (χ2n) is 4.59. The first-order valence-corrected chi connectivity index (χ1v) is 7.16. The number of rotatable bonds is 6. The van der Waals surface area contributed by atoms with Crippen molar-refractivity contribution in [3.8, 4) is 0 Å². The maximum Gasteiger partial charge on any atom is 0.122 e. The van der Waals surface area contributed by atoms with Crippen molar-refractivity contribution in [3.63, 3.8) is 0 Å². The molecule has 98 valence electrons. The lowest BCUT2D eigenvalue weighted by Crippen LogP contribution is -2.20. The molecule has 4 nitrogen and oxygen atoms in total. The highest BCUT2D eigenvalue weighted by Gasteiger charge is 2.08. The molecule has 18 heavy (non-hydrogen) atoms. The lowest BCUT2D eigenvalue weighted by molar-refractivity contribution is 0.304. The van der Waals surface area contributed by atoms with Crippen LogP contribution in [0.5, 0.6) is 0 Å². The van der Waals surface area contributed by atoms with E-state index in [1.165, 1.54) is 5.01 Å². The fourth-order valence-corrected chi connectivity index (χ4v) is 2.79. The summed E-state index contributed by atoms with van der Waals surface area (Å²) in [6, 6.07) is 0. The van der Waals surface area contributed by atoms with E-state index in [1.54, 1.807) is 11.3 Å². The molecule has 0 aliphatic carbocycles. The molecule has 0 atom stereocenters. The van der Waals surface area contributed by atoms with E-state index in [1.807, 2.05) is 13.1 Å². The lowest BCUT2D eigenvalue weighted by Gasteiger charge is -2.15. The monoisotopic (exact) mass is 264 g/mol. The van der Waals surface area contributed by atoms with Gasteiger partial charge in [-0.1, -0.05) is 6.92 Å². The summed E-state index contributed by atoms with van der Waals surface area (Å²) in [4.78, 5) is 11.2. The Morgan fingerprint density at radius 3 is 2.89 bits per heavy atom. The summed E-state index contributed by atoms with van der Waals surface area (Å²) in [5.41, 5.74) is 1.11. The highest BCUT2D eigenvalue weighted by Crippen LogP contribution is 2.12. The molecule has 5 heteroatoms. The largest absolute Gasteiger partial charge is 0.334 e. The molecule has 0 amide bonds. The molecule has 0 aliphatic heterocycles. The number of imidazole rings is 1. The Bertz CT molecular complexity index is 489. The normalized spacial score (nSPS) is 11.3. The van der Waals surface area contributed by atoms with Crippen LogP contribution in [-0.4, -0.2) is 26.5 Å². The van der Waals surface area contributed by atoms with E-state index in [4.69, 9.17) is 0 Å². The number of aromatic nitrogens is 3. The molecule has 0 radical (unpaired) electrons. The molecular weight excluding hydrogens is 244 g/mol. The van der Waals surface area contributed by atoms with Crippen molar-refractivity contribution < 1.29 is 0 Å². The van der Waals surface area contributed by atoms with Crippen molar-refractivity contribution in [1.82, 2.24) is 19.4 Å². The number of hydrogen-bond donors (Lipinski definition) is 0. The lowest BCUT2D eigenvalue weighted by atomic mass is 10.4. The van der Waals surface area contributed by atoms with E-state index in [0.29, 0.717) is 0 Å². The first-order chi connectivity index (χ1) is 8.69. The fourth-order valence-electron chi connectivity index (χ4n) is 1.94. The predicted octanol–water partition coefficient (Wildman–Crippen LogP) is 2.69. The molecule has 0 saturated carbocycles. The maximum absolute atomic E-state index is 4.49. The van der Waals surface area contributed by atoms with Crippen LogP contribution in [0.25, 0.3) is 0 Å². The van der Waals surface area contributed by atoms with E-state index >= 15 is 0 Å². The van der Waals surface area contributed by atoms with Gasteiger partial charge < -0.3 is 4.57 Å². The molecule has 0 saturated heterocycles. The summed E-state index contributed by atoms with van der Waals surface area (Å²) in [6.45, 7) is 7.02. The van der Waals surface area contributed by atoms with Gasteiger partial charge in [-0.05, 0) is 20.4 Å². The number of nitrogens with zero attached hydrogens (tertiary/aromatic N) is 4. The van der Waals surface area contributed by atoms with Crippen LogP contribution in [-0.2, 0) is 19.6 Å². The number of thiazole rings is 1. The van der Waals surface area contributed by atoms with Crippen molar-refractivity contribution >= 4 is 11.3 Å². The van der Waals surface area contributed by atoms with Gasteiger partial charge in [0.15, 0.2) is 0 Å². The second kappa shape index (κ2) is 6.11. The van der Waals surface area contributed by atoms with Gasteiger partial charge in [0.1, 0.15) is 10.8 Å². The van der Waals surface area contributed by atoms with Crippen molar-refractivity contribution in [3.05, 3.63) is 34.3 Å². The minimum Gasteiger partial charge on any atom is -0.334 e. The molecule has 2 heterocycles. The topological polar surface area (TPSA) is 34.0 Å². The molecule has 2 rings (SSSR count). The smallest absolute Gasteiger partial charge is 0.122 e. The zero-order valence-electron chi connectivity index (χ0n) is 11.3. The summed E-state index contributed by atoms with van der Waals surface area (Å²) in [7, 11) is 2.11. The Labute approximate surface area is 112 Å². The SMILES string of the molecule is CCCn1ccnc1CN(C)Cc1nc(C)cs1. The first kappa shape index (κ1) is 13.2. The predicted molar refractivity (Wildman–Crippen MR) is 74.5 cm³/mol. The van der Waals surface area contributed by atoms with Crippen LogP contribution in [0.1, 0.15) is 29.9 Å². The molecule has 0 spiro atoms. The Hall–Kier alpha value is -1.20. The van der Waals surface area contributed by atoms with Crippen LogP contribution < -0.4 is 0 Å². The van der Waals surface area contributed by atoms with E-state index in [9.17, 15) is 0 Å². The molecule has 0 unspecified atom stereocenters. The second-order valence-corrected chi connectivity index (χ2v) is 5.53. The van der Waals surface area contributed by atoms with Gasteiger partial charge in [-0.15, -0.1) is 11.3 Å². The van der Waals surface area contributed by atoms with Crippen molar-refractivity contribution in [1.29, 1.82) is 0 Å². The standard InChI is InChI=1S/C13H20N4S/c1-4-6-17-7-5-14-12(17)8-16(3)9-13-15-11(2)10-18-13/h5,7,10H,4,6,8-9H2,1-3H3. The third-order valence-corrected chi connectivity index (χ3v) is 3.70. The van der Waals surface area contributed by atoms with Crippen molar-refractivity contribution in [2.75, 3.05) is 7.05 Å². The van der Waals surface area contributed by atoms with E-state index in [2.05, 4.69) is 45.0 Å². The average Bonchev–Trinajstić information content (AvgIpc) is 2.90. The number of aryl methyl sites for hydroxylation is 2. The summed E-state index contributed by atoms with van der Waals surface area (Å²) < 4.78 is 2.23. The van der Waals surface area contributed by atoms with Crippen molar-refractivity contribution in [2.24, 2.45) is 0 Å². The highest BCUT2D eigenvalue weighted by molar-refractivity contribution is 7.09. The highest BCUT2D eigenvalue weighted by atomic mass is 32.1. The van der Waals surface area contributed by atoms with Gasteiger partial charge in [0.2, 0.25) is 0 Å².